The fourth-order valence-electron chi connectivity index (χ4n) is 3.75. The van der Waals surface area contributed by atoms with E-state index < -0.39 is 0 Å². The highest BCUT2D eigenvalue weighted by molar-refractivity contribution is 5.18. The van der Waals surface area contributed by atoms with Crippen molar-refractivity contribution in [1.29, 1.82) is 0 Å². The van der Waals surface area contributed by atoms with Crippen LogP contribution in [0, 0.1) is 0 Å². The van der Waals surface area contributed by atoms with Crippen molar-refractivity contribution in [2.24, 2.45) is 0 Å². The average molecular weight is 298 g/mol. The van der Waals surface area contributed by atoms with Gasteiger partial charge in [-0.3, -0.25) is 9.88 Å². The molecule has 22 heavy (non-hydrogen) atoms. The maximum absolute atomic E-state index is 6.26. The molecule has 1 spiro atoms. The van der Waals surface area contributed by atoms with Crippen molar-refractivity contribution in [2.75, 3.05) is 19.7 Å². The van der Waals surface area contributed by atoms with Crippen LogP contribution < -0.4 is 0 Å². The van der Waals surface area contributed by atoms with Crippen LogP contribution in [0.2, 0.25) is 0 Å². The number of likely N-dealkylation sites (tertiary alicyclic amines) is 1. The number of pyridine rings is 1. The Hall–Kier alpha value is -1.72. The molecule has 2 fully saturated rings. The van der Waals surface area contributed by atoms with E-state index in [1.54, 1.807) is 6.33 Å². The lowest BCUT2D eigenvalue weighted by atomic mass is 9.83. The first-order valence-corrected chi connectivity index (χ1v) is 8.07. The molecule has 2 aromatic rings. The van der Waals surface area contributed by atoms with Crippen LogP contribution in [0.15, 0.2) is 37.1 Å². The van der Waals surface area contributed by atoms with E-state index in [0.717, 1.165) is 45.5 Å². The zero-order valence-corrected chi connectivity index (χ0v) is 12.7. The molecule has 2 aromatic heterocycles. The number of ether oxygens (including phenoxy) is 1. The van der Waals surface area contributed by atoms with Gasteiger partial charge in [0.25, 0.3) is 0 Å². The highest BCUT2D eigenvalue weighted by atomic mass is 16.5. The van der Waals surface area contributed by atoms with Crippen LogP contribution in [0.3, 0.4) is 0 Å². The zero-order chi connectivity index (χ0) is 14.8. The van der Waals surface area contributed by atoms with Gasteiger partial charge >= 0.3 is 0 Å². The molecule has 5 nitrogen and oxygen atoms in total. The molecule has 2 aliphatic heterocycles. The summed E-state index contributed by atoms with van der Waals surface area (Å²) in [5.41, 5.74) is 2.60. The van der Waals surface area contributed by atoms with Gasteiger partial charge in [-0.1, -0.05) is 6.07 Å². The molecule has 1 N–H and O–H groups in total. The molecular weight excluding hydrogens is 276 g/mol. The predicted molar refractivity (Wildman–Crippen MR) is 83.4 cm³/mol. The molecular formula is C17H22N4O. The molecule has 0 radical (unpaired) electrons. The molecule has 2 saturated heterocycles. The van der Waals surface area contributed by atoms with Crippen molar-refractivity contribution in [2.45, 2.75) is 37.3 Å². The van der Waals surface area contributed by atoms with Crippen LogP contribution in [0.1, 0.15) is 36.4 Å². The van der Waals surface area contributed by atoms with Crippen molar-refractivity contribution in [3.8, 4) is 0 Å². The van der Waals surface area contributed by atoms with Gasteiger partial charge in [0.15, 0.2) is 0 Å². The minimum absolute atomic E-state index is 0.0883. The summed E-state index contributed by atoms with van der Waals surface area (Å²) in [6, 6.07) is 4.20. The molecule has 0 aliphatic carbocycles. The quantitative estimate of drug-likeness (QED) is 0.945. The Kier molecular flexibility index (Phi) is 3.68. The summed E-state index contributed by atoms with van der Waals surface area (Å²) >= 11 is 0. The molecule has 4 heterocycles. The fourth-order valence-corrected chi connectivity index (χ4v) is 3.75. The maximum Gasteiger partial charge on any atom is 0.0922 e. The average Bonchev–Trinajstić information content (AvgIpc) is 3.21. The molecule has 0 aromatic carbocycles. The monoisotopic (exact) mass is 298 g/mol. The first kappa shape index (κ1) is 13.9. The Bertz CT molecular complexity index is 590. The van der Waals surface area contributed by atoms with E-state index >= 15 is 0 Å². The van der Waals surface area contributed by atoms with Gasteiger partial charge < -0.3 is 9.72 Å². The number of piperidine rings is 1. The van der Waals surface area contributed by atoms with Crippen LogP contribution >= 0.6 is 0 Å². The van der Waals surface area contributed by atoms with E-state index in [9.17, 15) is 0 Å². The van der Waals surface area contributed by atoms with Gasteiger partial charge in [0.1, 0.15) is 0 Å². The van der Waals surface area contributed by atoms with Gasteiger partial charge in [-0.15, -0.1) is 0 Å². The van der Waals surface area contributed by atoms with Gasteiger partial charge in [-0.05, 0) is 30.9 Å². The van der Waals surface area contributed by atoms with Gasteiger partial charge in [0.2, 0.25) is 0 Å². The molecule has 0 amide bonds. The second kappa shape index (κ2) is 5.82. The number of nitrogens with zero attached hydrogens (tertiary/aromatic N) is 3. The van der Waals surface area contributed by atoms with Gasteiger partial charge in [-0.2, -0.15) is 0 Å². The molecule has 1 unspecified atom stereocenters. The number of hydrogen-bond acceptors (Lipinski definition) is 4. The number of H-pyrrole nitrogens is 1. The van der Waals surface area contributed by atoms with Crippen LogP contribution in [0.5, 0.6) is 0 Å². The Labute approximate surface area is 130 Å². The molecule has 4 rings (SSSR count). The SMILES string of the molecule is c1cncc(C2COC3(CCN(Cc4cnc[nH]4)CC3)C2)c1. The third kappa shape index (κ3) is 2.78. The second-order valence-corrected chi connectivity index (χ2v) is 6.53. The lowest BCUT2D eigenvalue weighted by molar-refractivity contribution is -0.0450. The van der Waals surface area contributed by atoms with Crippen LogP contribution in [0.25, 0.3) is 0 Å². The number of nitrogens with one attached hydrogen (secondary N) is 1. The van der Waals surface area contributed by atoms with Crippen LogP contribution in [0.4, 0.5) is 0 Å². The minimum atomic E-state index is 0.0883. The van der Waals surface area contributed by atoms with Crippen LogP contribution in [-0.4, -0.2) is 45.1 Å². The summed E-state index contributed by atoms with van der Waals surface area (Å²) in [4.78, 5) is 14.0. The summed E-state index contributed by atoms with van der Waals surface area (Å²) in [6.07, 6.45) is 10.9. The third-order valence-corrected chi connectivity index (χ3v) is 5.08. The van der Waals surface area contributed by atoms with Crippen molar-refractivity contribution in [1.82, 2.24) is 19.9 Å². The molecule has 116 valence electrons. The fraction of sp³-hybridized carbons (Fsp3) is 0.529. The van der Waals surface area contributed by atoms with Crippen molar-refractivity contribution >= 4 is 0 Å². The van der Waals surface area contributed by atoms with Gasteiger partial charge in [0, 0.05) is 49.8 Å². The standard InChI is InChI=1S/C17H22N4O/c1-2-14(9-18-5-1)15-8-17(22-12-15)3-6-21(7-4-17)11-16-10-19-13-20-16/h1-2,5,9-10,13,15H,3-4,6-8,11-12H2,(H,19,20). The molecule has 0 saturated carbocycles. The summed E-state index contributed by atoms with van der Waals surface area (Å²) in [7, 11) is 0. The van der Waals surface area contributed by atoms with Crippen molar-refractivity contribution < 1.29 is 4.74 Å². The van der Waals surface area contributed by atoms with Gasteiger partial charge in [-0.25, -0.2) is 4.98 Å². The third-order valence-electron chi connectivity index (χ3n) is 5.08. The van der Waals surface area contributed by atoms with Crippen LogP contribution in [-0.2, 0) is 11.3 Å². The van der Waals surface area contributed by atoms with E-state index in [-0.39, 0.29) is 5.60 Å². The van der Waals surface area contributed by atoms with Crippen molar-refractivity contribution in [3.63, 3.8) is 0 Å². The number of aromatic nitrogens is 3. The Morgan fingerprint density at radius 1 is 1.27 bits per heavy atom. The highest BCUT2D eigenvalue weighted by Gasteiger charge is 2.43. The molecule has 0 bridgehead atoms. The number of rotatable bonds is 3. The normalized spacial score (nSPS) is 24.8. The van der Waals surface area contributed by atoms with E-state index in [2.05, 4.69) is 25.9 Å². The summed E-state index contributed by atoms with van der Waals surface area (Å²) in [5, 5.41) is 0. The second-order valence-electron chi connectivity index (χ2n) is 6.53. The predicted octanol–water partition coefficient (Wildman–Crippen LogP) is 2.34. The first-order valence-electron chi connectivity index (χ1n) is 8.07. The largest absolute Gasteiger partial charge is 0.374 e. The Morgan fingerprint density at radius 2 is 2.18 bits per heavy atom. The first-order chi connectivity index (χ1) is 10.8. The van der Waals surface area contributed by atoms with E-state index in [1.807, 2.05) is 24.7 Å². The number of aromatic amines is 1. The maximum atomic E-state index is 6.26. The lowest BCUT2D eigenvalue weighted by Crippen LogP contribution is -2.43. The molecule has 5 heteroatoms. The number of imidazole rings is 1. The van der Waals surface area contributed by atoms with E-state index in [0.29, 0.717) is 5.92 Å². The van der Waals surface area contributed by atoms with E-state index in [1.165, 1.54) is 11.3 Å². The molecule has 1 atom stereocenters. The van der Waals surface area contributed by atoms with E-state index in [4.69, 9.17) is 4.74 Å². The zero-order valence-electron chi connectivity index (χ0n) is 12.7. The lowest BCUT2D eigenvalue weighted by Gasteiger charge is -2.38. The Balaban J connectivity index is 1.35. The summed E-state index contributed by atoms with van der Waals surface area (Å²) < 4.78 is 6.26. The van der Waals surface area contributed by atoms with Crippen molar-refractivity contribution in [3.05, 3.63) is 48.3 Å². The highest BCUT2D eigenvalue weighted by Crippen LogP contribution is 2.42. The topological polar surface area (TPSA) is 54.0 Å². The van der Waals surface area contributed by atoms with Gasteiger partial charge in [0.05, 0.1) is 18.5 Å². The number of hydrogen-bond donors (Lipinski definition) is 1. The molecule has 2 aliphatic rings. The summed E-state index contributed by atoms with van der Waals surface area (Å²) in [6.45, 7) is 3.99. The summed E-state index contributed by atoms with van der Waals surface area (Å²) in [5.74, 6) is 0.507. The smallest absolute Gasteiger partial charge is 0.0922 e. The minimum Gasteiger partial charge on any atom is -0.374 e. The Morgan fingerprint density at radius 3 is 2.91 bits per heavy atom.